The number of aromatic amines is 1. The second-order valence-electron chi connectivity index (χ2n) is 7.09. The van der Waals surface area contributed by atoms with Gasteiger partial charge in [-0.25, -0.2) is 9.97 Å². The van der Waals surface area contributed by atoms with Gasteiger partial charge < -0.3 is 9.14 Å². The van der Waals surface area contributed by atoms with Gasteiger partial charge in [0.05, 0.1) is 17.8 Å². The summed E-state index contributed by atoms with van der Waals surface area (Å²) >= 11 is 0. The summed E-state index contributed by atoms with van der Waals surface area (Å²) in [6.45, 7) is 1.67. The zero-order valence-electron chi connectivity index (χ0n) is 14.3. The molecule has 7 nitrogen and oxygen atoms in total. The van der Waals surface area contributed by atoms with Gasteiger partial charge in [-0.3, -0.25) is 10.00 Å². The maximum atomic E-state index is 5.63. The number of rotatable bonds is 5. The van der Waals surface area contributed by atoms with E-state index in [1.54, 1.807) is 7.11 Å². The Morgan fingerprint density at radius 1 is 1.28 bits per heavy atom. The average Bonchev–Trinajstić information content (AvgIpc) is 3.07. The van der Waals surface area contributed by atoms with E-state index in [0.717, 1.165) is 42.5 Å². The highest BCUT2D eigenvalue weighted by molar-refractivity contribution is 5.39. The van der Waals surface area contributed by atoms with Crippen molar-refractivity contribution < 1.29 is 4.74 Å². The molecule has 2 fully saturated rings. The topological polar surface area (TPSA) is 71.3 Å². The highest BCUT2D eigenvalue weighted by Crippen LogP contribution is 2.39. The van der Waals surface area contributed by atoms with E-state index in [4.69, 9.17) is 14.7 Å². The Bertz CT molecular complexity index is 849. The van der Waals surface area contributed by atoms with E-state index < -0.39 is 0 Å². The number of H-pyrrole nitrogens is 1. The summed E-state index contributed by atoms with van der Waals surface area (Å²) in [6, 6.07) is 6.27. The molecule has 1 aliphatic carbocycles. The van der Waals surface area contributed by atoms with Crippen molar-refractivity contribution in [2.75, 3.05) is 13.7 Å². The van der Waals surface area contributed by atoms with Gasteiger partial charge in [-0.2, -0.15) is 5.10 Å². The monoisotopic (exact) mass is 338 g/mol. The number of hydrogen-bond donors (Lipinski definition) is 1. The maximum Gasteiger partial charge on any atom is 0.153 e. The molecule has 1 N–H and O–H groups in total. The van der Waals surface area contributed by atoms with E-state index in [2.05, 4.69) is 25.7 Å². The molecular weight excluding hydrogens is 316 g/mol. The number of nitrogens with zero attached hydrogens (tertiary/aromatic N) is 5. The van der Waals surface area contributed by atoms with Crippen LogP contribution in [0.25, 0.3) is 5.65 Å². The molecule has 2 atom stereocenters. The molecule has 3 aromatic rings. The summed E-state index contributed by atoms with van der Waals surface area (Å²) in [5, 5.41) is 7.60. The molecule has 0 spiro atoms. The lowest BCUT2D eigenvalue weighted by atomic mass is 10.2. The Kier molecular flexibility index (Phi) is 3.57. The van der Waals surface area contributed by atoms with Crippen LogP contribution in [0.5, 0.6) is 0 Å². The fourth-order valence-corrected chi connectivity index (χ4v) is 3.72. The van der Waals surface area contributed by atoms with Crippen molar-refractivity contribution >= 4 is 5.65 Å². The summed E-state index contributed by atoms with van der Waals surface area (Å²) < 4.78 is 7.69. The fourth-order valence-electron chi connectivity index (χ4n) is 3.72. The number of imidazole rings is 1. The number of nitrogens with one attached hydrogen (secondary N) is 1. The predicted octanol–water partition coefficient (Wildman–Crippen LogP) is 2.29. The van der Waals surface area contributed by atoms with Gasteiger partial charge in [0.1, 0.15) is 11.5 Å². The lowest BCUT2D eigenvalue weighted by molar-refractivity contribution is 0.107. The molecule has 130 valence electrons. The van der Waals surface area contributed by atoms with E-state index in [1.807, 2.05) is 24.4 Å². The van der Waals surface area contributed by atoms with Gasteiger partial charge in [-0.1, -0.05) is 6.07 Å². The van der Waals surface area contributed by atoms with E-state index >= 15 is 0 Å². The van der Waals surface area contributed by atoms with E-state index in [9.17, 15) is 0 Å². The van der Waals surface area contributed by atoms with E-state index in [-0.39, 0.29) is 12.1 Å². The van der Waals surface area contributed by atoms with E-state index in [0.29, 0.717) is 5.92 Å². The number of methoxy groups -OCH3 is 1. The van der Waals surface area contributed by atoms with Crippen molar-refractivity contribution in [1.82, 2.24) is 29.5 Å². The van der Waals surface area contributed by atoms with Crippen molar-refractivity contribution in [3.63, 3.8) is 0 Å². The van der Waals surface area contributed by atoms with Crippen LogP contribution in [-0.4, -0.2) is 49.2 Å². The zero-order valence-corrected chi connectivity index (χ0v) is 14.3. The first-order chi connectivity index (χ1) is 12.3. The highest BCUT2D eigenvalue weighted by Gasteiger charge is 2.37. The molecule has 1 aliphatic heterocycles. The molecule has 5 rings (SSSR count). The van der Waals surface area contributed by atoms with E-state index in [1.165, 1.54) is 12.8 Å². The number of aromatic nitrogens is 5. The van der Waals surface area contributed by atoms with Crippen molar-refractivity contribution in [3.8, 4) is 0 Å². The van der Waals surface area contributed by atoms with Crippen LogP contribution in [0.15, 0.2) is 30.6 Å². The second-order valence-corrected chi connectivity index (χ2v) is 7.09. The first-order valence-electron chi connectivity index (χ1n) is 8.92. The third-order valence-corrected chi connectivity index (χ3v) is 5.26. The molecule has 25 heavy (non-hydrogen) atoms. The first kappa shape index (κ1) is 15.0. The molecule has 0 amide bonds. The second kappa shape index (κ2) is 5.93. The minimum Gasteiger partial charge on any atom is -0.380 e. The van der Waals surface area contributed by atoms with Gasteiger partial charge in [0, 0.05) is 38.5 Å². The molecule has 3 aromatic heterocycles. The number of likely N-dealkylation sites (tertiary alicyclic amines) is 1. The Balaban J connectivity index is 1.40. The van der Waals surface area contributed by atoms with Crippen LogP contribution in [0, 0.1) is 0 Å². The van der Waals surface area contributed by atoms with Crippen LogP contribution < -0.4 is 0 Å². The molecule has 0 radical (unpaired) electrons. The lowest BCUT2D eigenvalue weighted by Crippen LogP contribution is -2.25. The Morgan fingerprint density at radius 2 is 2.20 bits per heavy atom. The van der Waals surface area contributed by atoms with Crippen molar-refractivity contribution in [2.24, 2.45) is 0 Å². The fraction of sp³-hybridized carbons (Fsp3) is 0.500. The minimum absolute atomic E-state index is 0.203. The largest absolute Gasteiger partial charge is 0.380 e. The molecule has 0 unspecified atom stereocenters. The van der Waals surface area contributed by atoms with Crippen LogP contribution >= 0.6 is 0 Å². The third kappa shape index (κ3) is 2.83. The Labute approximate surface area is 146 Å². The molecule has 0 bridgehead atoms. The number of pyridine rings is 1. The standard InChI is InChI=1S/C18H22N6O/c1-25-14-8-15(18-20-17(21-22-18)12-5-6-12)24(11-14)10-13-9-23-7-3-2-4-16(23)19-13/h2-4,7,9,12,14-15H,5-6,8,10-11H2,1H3,(H,20,21,22)/t14-,15+/m1/s1. The molecule has 4 heterocycles. The highest BCUT2D eigenvalue weighted by atomic mass is 16.5. The van der Waals surface area contributed by atoms with Crippen molar-refractivity contribution in [2.45, 2.75) is 43.9 Å². The average molecular weight is 338 g/mol. The summed E-state index contributed by atoms with van der Waals surface area (Å²) in [6.07, 6.45) is 7.72. The van der Waals surface area contributed by atoms with Crippen LogP contribution in [0.2, 0.25) is 0 Å². The normalized spacial score (nSPS) is 24.4. The SMILES string of the molecule is CO[C@@H]1C[C@@H](c2nc(C3CC3)n[nH]2)N(Cc2cn3ccccc3n2)C1. The number of ether oxygens (including phenoxy) is 1. The van der Waals surface area contributed by atoms with Crippen LogP contribution in [0.1, 0.15) is 48.6 Å². The smallest absolute Gasteiger partial charge is 0.153 e. The van der Waals surface area contributed by atoms with Crippen LogP contribution in [-0.2, 0) is 11.3 Å². The summed E-state index contributed by atoms with van der Waals surface area (Å²) in [7, 11) is 1.78. The van der Waals surface area contributed by atoms with Gasteiger partial charge in [-0.15, -0.1) is 0 Å². The number of hydrogen-bond acceptors (Lipinski definition) is 5. The van der Waals surface area contributed by atoms with Crippen LogP contribution in [0.3, 0.4) is 0 Å². The van der Waals surface area contributed by atoms with Gasteiger partial charge in [0.15, 0.2) is 5.82 Å². The molecule has 1 saturated heterocycles. The van der Waals surface area contributed by atoms with Gasteiger partial charge in [-0.05, 0) is 31.4 Å². The van der Waals surface area contributed by atoms with Gasteiger partial charge in [0.25, 0.3) is 0 Å². The molecule has 0 aromatic carbocycles. The van der Waals surface area contributed by atoms with Gasteiger partial charge >= 0.3 is 0 Å². The summed E-state index contributed by atoms with van der Waals surface area (Å²) in [5.74, 6) is 2.50. The summed E-state index contributed by atoms with van der Waals surface area (Å²) in [5.41, 5.74) is 2.04. The molecular formula is C18H22N6O. The maximum absolute atomic E-state index is 5.63. The first-order valence-corrected chi connectivity index (χ1v) is 8.92. The molecule has 1 saturated carbocycles. The lowest BCUT2D eigenvalue weighted by Gasteiger charge is -2.20. The molecule has 7 heteroatoms. The summed E-state index contributed by atoms with van der Waals surface area (Å²) in [4.78, 5) is 11.9. The molecule has 2 aliphatic rings. The Hall–Kier alpha value is -2.25. The quantitative estimate of drug-likeness (QED) is 0.773. The number of fused-ring (bicyclic) bond motifs is 1. The van der Waals surface area contributed by atoms with Crippen LogP contribution in [0.4, 0.5) is 0 Å². The third-order valence-electron chi connectivity index (χ3n) is 5.26. The van der Waals surface area contributed by atoms with Crippen molar-refractivity contribution in [1.29, 1.82) is 0 Å². The Morgan fingerprint density at radius 3 is 3.00 bits per heavy atom. The predicted molar refractivity (Wildman–Crippen MR) is 92.1 cm³/mol. The van der Waals surface area contributed by atoms with Gasteiger partial charge in [0.2, 0.25) is 0 Å². The minimum atomic E-state index is 0.203. The zero-order chi connectivity index (χ0) is 16.8. The van der Waals surface area contributed by atoms with Crippen molar-refractivity contribution in [3.05, 3.63) is 47.9 Å².